The third-order valence-corrected chi connectivity index (χ3v) is 3.54. The molecule has 1 amide bonds. The lowest BCUT2D eigenvalue weighted by Crippen LogP contribution is -2.30. The van der Waals surface area contributed by atoms with Gasteiger partial charge >= 0.3 is 6.18 Å². The number of alkyl halides is 5. The zero-order valence-corrected chi connectivity index (χ0v) is 9.79. The maximum absolute atomic E-state index is 14.1. The second kappa shape index (κ2) is 3.58. The first-order chi connectivity index (χ1) is 9.14. The highest BCUT2D eigenvalue weighted by molar-refractivity contribution is 5.73. The Balaban J connectivity index is 2.23. The van der Waals surface area contributed by atoms with Gasteiger partial charge < -0.3 is 5.73 Å². The molecule has 0 saturated carbocycles. The van der Waals surface area contributed by atoms with Crippen LogP contribution in [-0.2, 0) is 23.4 Å². The van der Waals surface area contributed by atoms with E-state index in [1.165, 1.54) is 12.2 Å². The first-order valence-corrected chi connectivity index (χ1v) is 5.67. The van der Waals surface area contributed by atoms with Gasteiger partial charge in [-0.05, 0) is 0 Å². The first-order valence-electron chi connectivity index (χ1n) is 5.67. The second-order valence-electron chi connectivity index (χ2n) is 4.79. The molecule has 1 heterocycles. The molecule has 0 unspecified atom stereocenters. The molecule has 20 heavy (non-hydrogen) atoms. The van der Waals surface area contributed by atoms with E-state index in [9.17, 15) is 26.7 Å². The number of carbonyl (C=O) groups is 1. The summed E-state index contributed by atoms with van der Waals surface area (Å²) in [4.78, 5) is 10.8. The predicted octanol–water partition coefficient (Wildman–Crippen LogP) is 1.76. The Morgan fingerprint density at radius 2 is 2.05 bits per heavy atom. The molecule has 0 bridgehead atoms. The van der Waals surface area contributed by atoms with Crippen LogP contribution in [0.25, 0.3) is 0 Å². The number of aromatic nitrogens is 2. The van der Waals surface area contributed by atoms with Crippen LogP contribution < -0.4 is 5.73 Å². The minimum absolute atomic E-state index is 0.375. The third-order valence-electron chi connectivity index (χ3n) is 3.54. The molecule has 0 aromatic carbocycles. The van der Waals surface area contributed by atoms with Crippen molar-refractivity contribution in [1.29, 1.82) is 0 Å². The van der Waals surface area contributed by atoms with E-state index in [1.54, 1.807) is 0 Å². The van der Waals surface area contributed by atoms with Crippen LogP contribution in [0.3, 0.4) is 0 Å². The predicted molar refractivity (Wildman–Crippen MR) is 55.7 cm³/mol. The van der Waals surface area contributed by atoms with Crippen molar-refractivity contribution in [2.75, 3.05) is 0 Å². The van der Waals surface area contributed by atoms with Crippen LogP contribution in [0.15, 0.2) is 12.2 Å². The average molecular weight is 293 g/mol. The molecule has 0 saturated heterocycles. The molecule has 2 aliphatic rings. The van der Waals surface area contributed by atoms with Crippen molar-refractivity contribution < 1.29 is 26.7 Å². The molecule has 3 rings (SSSR count). The lowest BCUT2D eigenvalue weighted by atomic mass is 9.81. The SMILES string of the molecule is NC(=O)Cn1nc(C(F)(F)F)c2c1C(F)(F)[C@@H]1C=C[C@H]21. The molecule has 0 spiro atoms. The Kier molecular flexibility index (Phi) is 2.34. The fourth-order valence-corrected chi connectivity index (χ4v) is 2.73. The molecule has 9 heteroatoms. The lowest BCUT2D eigenvalue weighted by molar-refractivity contribution is -0.142. The van der Waals surface area contributed by atoms with Crippen LogP contribution in [0.4, 0.5) is 22.0 Å². The molecule has 1 aromatic rings. The third kappa shape index (κ3) is 1.52. The van der Waals surface area contributed by atoms with Crippen molar-refractivity contribution in [1.82, 2.24) is 9.78 Å². The summed E-state index contributed by atoms with van der Waals surface area (Å²) in [6.45, 7) is -0.812. The molecule has 0 fully saturated rings. The quantitative estimate of drug-likeness (QED) is 0.667. The van der Waals surface area contributed by atoms with Crippen LogP contribution in [0.2, 0.25) is 0 Å². The highest BCUT2D eigenvalue weighted by Crippen LogP contribution is 2.60. The van der Waals surface area contributed by atoms with E-state index in [1.807, 2.05) is 0 Å². The zero-order chi connectivity index (χ0) is 14.9. The van der Waals surface area contributed by atoms with Crippen molar-refractivity contribution in [2.24, 2.45) is 11.7 Å². The molecule has 2 atom stereocenters. The molecule has 2 N–H and O–H groups in total. The highest BCUT2D eigenvalue weighted by Gasteiger charge is 2.61. The Morgan fingerprint density at radius 1 is 1.40 bits per heavy atom. The largest absolute Gasteiger partial charge is 0.435 e. The zero-order valence-electron chi connectivity index (χ0n) is 9.79. The van der Waals surface area contributed by atoms with Gasteiger partial charge in [0.15, 0.2) is 5.69 Å². The van der Waals surface area contributed by atoms with Gasteiger partial charge in [0, 0.05) is 11.5 Å². The van der Waals surface area contributed by atoms with Crippen molar-refractivity contribution in [2.45, 2.75) is 24.6 Å². The number of amides is 1. The van der Waals surface area contributed by atoms with E-state index in [0.29, 0.717) is 4.68 Å². The van der Waals surface area contributed by atoms with Crippen LogP contribution in [0.5, 0.6) is 0 Å². The maximum atomic E-state index is 14.1. The summed E-state index contributed by atoms with van der Waals surface area (Å²) in [6, 6.07) is 0. The van der Waals surface area contributed by atoms with E-state index in [-0.39, 0.29) is 0 Å². The van der Waals surface area contributed by atoms with Crippen molar-refractivity contribution in [3.63, 3.8) is 0 Å². The number of allylic oxidation sites excluding steroid dienone is 2. The van der Waals surface area contributed by atoms with Gasteiger partial charge in [0.2, 0.25) is 5.91 Å². The van der Waals surface area contributed by atoms with Gasteiger partial charge in [-0.25, -0.2) is 0 Å². The molecule has 1 aromatic heterocycles. The van der Waals surface area contributed by atoms with Crippen LogP contribution in [0.1, 0.15) is 22.9 Å². The van der Waals surface area contributed by atoms with Crippen LogP contribution in [0, 0.1) is 5.92 Å². The van der Waals surface area contributed by atoms with Gasteiger partial charge in [-0.15, -0.1) is 0 Å². The molecular formula is C11H8F5N3O. The molecule has 0 aliphatic heterocycles. The lowest BCUT2D eigenvalue weighted by Gasteiger charge is -2.27. The number of halogens is 5. The topological polar surface area (TPSA) is 60.9 Å². The normalized spacial score (nSPS) is 26.1. The Morgan fingerprint density at radius 3 is 2.50 bits per heavy atom. The minimum atomic E-state index is -4.86. The fourth-order valence-electron chi connectivity index (χ4n) is 2.73. The molecular weight excluding hydrogens is 285 g/mol. The Hall–Kier alpha value is -1.93. The number of nitrogens with zero attached hydrogens (tertiary/aromatic N) is 2. The van der Waals surface area contributed by atoms with Crippen LogP contribution >= 0.6 is 0 Å². The summed E-state index contributed by atoms with van der Waals surface area (Å²) in [7, 11) is 0. The molecule has 108 valence electrons. The average Bonchev–Trinajstić information content (AvgIpc) is 2.59. The molecule has 4 nitrogen and oxygen atoms in total. The van der Waals surface area contributed by atoms with Crippen molar-refractivity contribution in [3.8, 4) is 0 Å². The van der Waals surface area contributed by atoms with Gasteiger partial charge in [-0.1, -0.05) is 12.2 Å². The number of fused-ring (bicyclic) bond motifs is 3. The van der Waals surface area contributed by atoms with Crippen molar-refractivity contribution >= 4 is 5.91 Å². The van der Waals surface area contributed by atoms with E-state index < -0.39 is 53.3 Å². The van der Waals surface area contributed by atoms with Crippen LogP contribution in [-0.4, -0.2) is 15.7 Å². The maximum Gasteiger partial charge on any atom is 0.435 e. The van der Waals surface area contributed by atoms with E-state index in [2.05, 4.69) is 5.10 Å². The number of hydrogen-bond acceptors (Lipinski definition) is 2. The van der Waals surface area contributed by atoms with E-state index in [0.717, 1.165) is 0 Å². The number of primary amides is 1. The second-order valence-corrected chi connectivity index (χ2v) is 4.79. The summed E-state index contributed by atoms with van der Waals surface area (Å²) in [6.07, 6.45) is -2.41. The smallest absolute Gasteiger partial charge is 0.368 e. The van der Waals surface area contributed by atoms with Gasteiger partial charge in [0.25, 0.3) is 5.92 Å². The summed E-state index contributed by atoms with van der Waals surface area (Å²) >= 11 is 0. The fraction of sp³-hybridized carbons (Fsp3) is 0.455. The summed E-state index contributed by atoms with van der Waals surface area (Å²) in [5.74, 6) is -6.85. The van der Waals surface area contributed by atoms with Gasteiger partial charge in [0.1, 0.15) is 12.2 Å². The van der Waals surface area contributed by atoms with E-state index in [4.69, 9.17) is 5.73 Å². The summed E-state index contributed by atoms with van der Waals surface area (Å²) < 4.78 is 67.3. The summed E-state index contributed by atoms with van der Waals surface area (Å²) in [5, 5.41) is 3.13. The highest BCUT2D eigenvalue weighted by atomic mass is 19.4. The number of rotatable bonds is 2. The number of hydrogen-bond donors (Lipinski definition) is 1. The Bertz CT molecular complexity index is 631. The Labute approximate surface area is 109 Å². The number of nitrogens with two attached hydrogens (primary N) is 1. The van der Waals surface area contributed by atoms with Gasteiger partial charge in [0.05, 0.1) is 5.92 Å². The summed E-state index contributed by atoms with van der Waals surface area (Å²) in [5.41, 5.74) is 2.10. The first kappa shape index (κ1) is 13.1. The monoisotopic (exact) mass is 293 g/mol. The molecule has 2 aliphatic carbocycles. The van der Waals surface area contributed by atoms with Gasteiger partial charge in [-0.3, -0.25) is 9.48 Å². The van der Waals surface area contributed by atoms with Gasteiger partial charge in [-0.2, -0.15) is 27.1 Å². The standard InChI is InChI=1S/C11H8F5N3O/c12-10(13)5-2-1-4(5)7-8(11(14,15)16)18-19(9(7)10)3-6(17)20/h1-2,4-5H,3H2,(H2,17,20)/t4-,5+/m0/s1. The molecule has 0 radical (unpaired) electrons. The van der Waals surface area contributed by atoms with E-state index >= 15 is 0 Å². The number of carbonyl (C=O) groups excluding carboxylic acids is 1. The van der Waals surface area contributed by atoms with Crippen molar-refractivity contribution in [3.05, 3.63) is 29.1 Å². The minimum Gasteiger partial charge on any atom is -0.368 e.